The number of rotatable bonds is 5. The standard InChI is InChI=1S/C21H20Cl2N2O2/c1-15-2-4-16(5-3-15)10-18-12-26-21(27-18,13-25-9-8-24-14-25)19-7-6-17(22)11-20(19)23/h2-9,11,14,18H,10,12-13H2,1H3. The zero-order valence-corrected chi connectivity index (χ0v) is 16.5. The summed E-state index contributed by atoms with van der Waals surface area (Å²) >= 11 is 12.6. The first kappa shape index (κ1) is 18.5. The molecule has 1 aromatic heterocycles. The normalized spacial score (nSPS) is 22.3. The molecule has 0 spiro atoms. The predicted molar refractivity (Wildman–Crippen MR) is 106 cm³/mol. The Morgan fingerprint density at radius 1 is 1.19 bits per heavy atom. The molecule has 0 radical (unpaired) electrons. The average molecular weight is 403 g/mol. The van der Waals surface area contributed by atoms with Crippen LogP contribution in [-0.4, -0.2) is 22.3 Å². The van der Waals surface area contributed by atoms with Gasteiger partial charge in [-0.2, -0.15) is 0 Å². The summed E-state index contributed by atoms with van der Waals surface area (Å²) in [6, 6.07) is 13.9. The van der Waals surface area contributed by atoms with Crippen molar-refractivity contribution in [3.05, 3.63) is 87.9 Å². The summed E-state index contributed by atoms with van der Waals surface area (Å²) < 4.78 is 14.6. The van der Waals surface area contributed by atoms with Crippen LogP contribution in [0.5, 0.6) is 0 Å². The highest BCUT2D eigenvalue weighted by atomic mass is 35.5. The fraction of sp³-hybridized carbons (Fsp3) is 0.286. The van der Waals surface area contributed by atoms with Crippen molar-refractivity contribution in [2.75, 3.05) is 6.61 Å². The Morgan fingerprint density at radius 2 is 2.00 bits per heavy atom. The quantitative estimate of drug-likeness (QED) is 0.601. The van der Waals surface area contributed by atoms with Gasteiger partial charge >= 0.3 is 0 Å². The highest BCUT2D eigenvalue weighted by Gasteiger charge is 2.45. The number of benzene rings is 2. The van der Waals surface area contributed by atoms with Crippen molar-refractivity contribution in [2.45, 2.75) is 31.8 Å². The molecule has 3 aromatic rings. The van der Waals surface area contributed by atoms with Gasteiger partial charge in [0.1, 0.15) is 0 Å². The van der Waals surface area contributed by atoms with Gasteiger partial charge in [0.2, 0.25) is 5.79 Å². The molecule has 2 atom stereocenters. The van der Waals surface area contributed by atoms with E-state index in [1.165, 1.54) is 11.1 Å². The van der Waals surface area contributed by atoms with Crippen molar-refractivity contribution < 1.29 is 9.47 Å². The Kier molecular flexibility index (Phi) is 5.24. The van der Waals surface area contributed by atoms with Crippen LogP contribution in [0.1, 0.15) is 16.7 Å². The lowest BCUT2D eigenvalue weighted by atomic mass is 10.0. The Labute approximate surface area is 168 Å². The monoisotopic (exact) mass is 402 g/mol. The summed E-state index contributed by atoms with van der Waals surface area (Å²) in [5.74, 6) is -0.974. The van der Waals surface area contributed by atoms with Gasteiger partial charge in [-0.1, -0.05) is 59.1 Å². The molecule has 2 heterocycles. The Morgan fingerprint density at radius 3 is 2.70 bits per heavy atom. The predicted octanol–water partition coefficient (Wildman–Crippen LogP) is 5.01. The minimum absolute atomic E-state index is 0.0667. The van der Waals surface area contributed by atoms with E-state index in [1.807, 2.05) is 16.8 Å². The summed E-state index contributed by atoms with van der Waals surface area (Å²) in [5, 5.41) is 1.11. The number of hydrogen-bond donors (Lipinski definition) is 0. The van der Waals surface area contributed by atoms with Crippen LogP contribution >= 0.6 is 23.2 Å². The van der Waals surface area contributed by atoms with Crippen molar-refractivity contribution in [1.82, 2.24) is 9.55 Å². The molecule has 140 valence electrons. The number of halogens is 2. The Balaban J connectivity index is 1.62. The van der Waals surface area contributed by atoms with Gasteiger partial charge in [-0.3, -0.25) is 0 Å². The van der Waals surface area contributed by atoms with E-state index in [0.29, 0.717) is 23.2 Å². The average Bonchev–Trinajstić information content (AvgIpc) is 3.28. The molecule has 1 aliphatic heterocycles. The molecule has 0 bridgehead atoms. The molecule has 0 N–H and O–H groups in total. The van der Waals surface area contributed by atoms with Crippen molar-refractivity contribution in [3.8, 4) is 0 Å². The topological polar surface area (TPSA) is 36.3 Å². The number of imidazole rings is 1. The van der Waals surface area contributed by atoms with Crippen LogP contribution in [0.25, 0.3) is 0 Å². The lowest BCUT2D eigenvalue weighted by molar-refractivity contribution is -0.186. The summed E-state index contributed by atoms with van der Waals surface area (Å²) in [4.78, 5) is 4.12. The number of aryl methyl sites for hydroxylation is 1. The van der Waals surface area contributed by atoms with E-state index in [4.69, 9.17) is 32.7 Å². The van der Waals surface area contributed by atoms with Crippen LogP contribution in [0, 0.1) is 6.92 Å². The van der Waals surface area contributed by atoms with E-state index in [0.717, 1.165) is 12.0 Å². The van der Waals surface area contributed by atoms with Gasteiger partial charge in [0.25, 0.3) is 0 Å². The summed E-state index contributed by atoms with van der Waals surface area (Å²) in [5.41, 5.74) is 3.23. The van der Waals surface area contributed by atoms with Crippen LogP contribution in [0.3, 0.4) is 0 Å². The van der Waals surface area contributed by atoms with Gasteiger partial charge in [0.15, 0.2) is 0 Å². The highest BCUT2D eigenvalue weighted by Crippen LogP contribution is 2.41. The minimum Gasteiger partial charge on any atom is -0.342 e. The number of ether oxygens (including phenoxy) is 2. The van der Waals surface area contributed by atoms with E-state index in [9.17, 15) is 0 Å². The van der Waals surface area contributed by atoms with E-state index in [1.54, 1.807) is 24.7 Å². The first-order chi connectivity index (χ1) is 13.0. The number of nitrogens with zero attached hydrogens (tertiary/aromatic N) is 2. The lowest BCUT2D eigenvalue weighted by Gasteiger charge is -2.30. The van der Waals surface area contributed by atoms with E-state index in [-0.39, 0.29) is 6.10 Å². The smallest absolute Gasteiger partial charge is 0.215 e. The molecule has 1 fully saturated rings. The second kappa shape index (κ2) is 7.64. The minimum atomic E-state index is -0.974. The summed E-state index contributed by atoms with van der Waals surface area (Å²) in [6.07, 6.45) is 6.06. The second-order valence-electron chi connectivity index (χ2n) is 6.85. The van der Waals surface area contributed by atoms with Gasteiger partial charge in [-0.05, 0) is 24.6 Å². The SMILES string of the molecule is Cc1ccc(CC2COC(Cn3ccnc3)(c3ccc(Cl)cc3Cl)O2)cc1. The first-order valence-corrected chi connectivity index (χ1v) is 9.58. The maximum Gasteiger partial charge on any atom is 0.215 e. The largest absolute Gasteiger partial charge is 0.342 e. The zero-order chi connectivity index (χ0) is 18.9. The van der Waals surface area contributed by atoms with Gasteiger partial charge in [0, 0.05) is 29.4 Å². The molecule has 27 heavy (non-hydrogen) atoms. The van der Waals surface area contributed by atoms with Crippen LogP contribution < -0.4 is 0 Å². The maximum atomic E-state index is 6.50. The third-order valence-corrected chi connectivity index (χ3v) is 5.28. The van der Waals surface area contributed by atoms with E-state index in [2.05, 4.69) is 36.2 Å². The fourth-order valence-electron chi connectivity index (χ4n) is 3.38. The van der Waals surface area contributed by atoms with Crippen molar-refractivity contribution in [1.29, 1.82) is 0 Å². The first-order valence-electron chi connectivity index (χ1n) is 8.83. The molecule has 4 nitrogen and oxygen atoms in total. The van der Waals surface area contributed by atoms with Crippen LogP contribution in [0.4, 0.5) is 0 Å². The summed E-state index contributed by atoms with van der Waals surface area (Å²) in [7, 11) is 0. The second-order valence-corrected chi connectivity index (χ2v) is 7.70. The molecule has 0 saturated carbocycles. The molecular weight excluding hydrogens is 383 g/mol. The Bertz CT molecular complexity index is 912. The maximum absolute atomic E-state index is 6.50. The Hall–Kier alpha value is -1.85. The molecule has 1 saturated heterocycles. The van der Waals surface area contributed by atoms with Crippen molar-refractivity contribution >= 4 is 23.2 Å². The van der Waals surface area contributed by atoms with Crippen LogP contribution in [0.15, 0.2) is 61.2 Å². The fourth-order valence-corrected chi connectivity index (χ4v) is 3.93. The zero-order valence-electron chi connectivity index (χ0n) is 14.9. The number of aromatic nitrogens is 2. The van der Waals surface area contributed by atoms with Gasteiger partial charge in [0.05, 0.1) is 30.6 Å². The molecular formula is C21H20Cl2N2O2. The molecule has 4 rings (SSSR count). The molecule has 1 aliphatic rings. The van der Waals surface area contributed by atoms with Crippen molar-refractivity contribution in [3.63, 3.8) is 0 Å². The van der Waals surface area contributed by atoms with Crippen LogP contribution in [-0.2, 0) is 28.2 Å². The van der Waals surface area contributed by atoms with Gasteiger partial charge in [-0.15, -0.1) is 0 Å². The van der Waals surface area contributed by atoms with Gasteiger partial charge in [-0.25, -0.2) is 4.98 Å². The third kappa shape index (κ3) is 4.04. The van der Waals surface area contributed by atoms with E-state index >= 15 is 0 Å². The number of hydrogen-bond acceptors (Lipinski definition) is 3. The van der Waals surface area contributed by atoms with Crippen LogP contribution in [0.2, 0.25) is 10.0 Å². The molecule has 2 aromatic carbocycles. The molecule has 0 amide bonds. The molecule has 0 aliphatic carbocycles. The molecule has 2 unspecified atom stereocenters. The summed E-state index contributed by atoms with van der Waals surface area (Å²) in [6.45, 7) is 3.03. The van der Waals surface area contributed by atoms with Gasteiger partial charge < -0.3 is 14.0 Å². The lowest BCUT2D eigenvalue weighted by Crippen LogP contribution is -2.34. The third-order valence-electron chi connectivity index (χ3n) is 4.73. The van der Waals surface area contributed by atoms with Crippen molar-refractivity contribution in [2.24, 2.45) is 0 Å². The van der Waals surface area contributed by atoms with E-state index < -0.39 is 5.79 Å². The molecule has 6 heteroatoms. The highest BCUT2D eigenvalue weighted by molar-refractivity contribution is 6.35.